The maximum Gasteiger partial charge on any atom is 0.272 e. The van der Waals surface area contributed by atoms with Crippen molar-refractivity contribution in [1.29, 1.82) is 0 Å². The molecule has 1 atom stereocenters. The first-order valence-corrected chi connectivity index (χ1v) is 9.00. The van der Waals surface area contributed by atoms with Gasteiger partial charge in [0.2, 0.25) is 0 Å². The number of piperidine rings is 1. The Morgan fingerprint density at radius 1 is 1.38 bits per heavy atom. The molecule has 0 saturated carbocycles. The SMILES string of the molecule is CCn1cc(C(=O)N2CCCC[C@H]2c2cc(=O)n3[nH]ccc3n2)c(C)n1. The van der Waals surface area contributed by atoms with Crippen molar-refractivity contribution in [2.45, 2.75) is 45.7 Å². The molecule has 1 fully saturated rings. The minimum Gasteiger partial charge on any atom is -0.330 e. The maximum atomic E-state index is 13.2. The minimum atomic E-state index is -0.187. The molecule has 1 aliphatic heterocycles. The number of hydrogen-bond acceptors (Lipinski definition) is 4. The molecule has 0 unspecified atom stereocenters. The van der Waals surface area contributed by atoms with Gasteiger partial charge in [-0.3, -0.25) is 19.4 Å². The molecule has 1 amide bonds. The van der Waals surface area contributed by atoms with Gasteiger partial charge in [0.15, 0.2) is 5.65 Å². The summed E-state index contributed by atoms with van der Waals surface area (Å²) in [5.41, 5.74) is 2.42. The standard InChI is InChI=1S/C18H22N6O2/c1-3-22-11-13(12(2)21-22)18(26)23-9-5-4-6-15(23)14-10-17(25)24-16(20-14)7-8-19-24/h7-8,10-11,15,19H,3-6,9H2,1-2H3/t15-/m0/s1. The van der Waals surface area contributed by atoms with Gasteiger partial charge >= 0.3 is 0 Å². The number of likely N-dealkylation sites (tertiary alicyclic amines) is 1. The lowest BCUT2D eigenvalue weighted by Gasteiger charge is -2.35. The Labute approximate surface area is 150 Å². The van der Waals surface area contributed by atoms with E-state index in [9.17, 15) is 9.59 Å². The highest BCUT2D eigenvalue weighted by molar-refractivity contribution is 5.95. The second-order valence-corrected chi connectivity index (χ2v) is 6.67. The third-order valence-corrected chi connectivity index (χ3v) is 5.01. The molecule has 0 aromatic carbocycles. The Kier molecular flexibility index (Phi) is 4.10. The monoisotopic (exact) mass is 354 g/mol. The Bertz CT molecular complexity index is 1010. The summed E-state index contributed by atoms with van der Waals surface area (Å²) < 4.78 is 3.17. The molecule has 1 aliphatic rings. The predicted molar refractivity (Wildman–Crippen MR) is 96.1 cm³/mol. The number of carbonyl (C=O) groups is 1. The van der Waals surface area contributed by atoms with Gasteiger partial charge in [-0.1, -0.05) is 0 Å². The van der Waals surface area contributed by atoms with Gasteiger partial charge in [0.1, 0.15) is 0 Å². The van der Waals surface area contributed by atoms with Crippen LogP contribution >= 0.6 is 0 Å². The van der Waals surface area contributed by atoms with Gasteiger partial charge in [-0.15, -0.1) is 0 Å². The molecule has 1 N–H and O–H groups in total. The zero-order valence-electron chi connectivity index (χ0n) is 15.0. The topological polar surface area (TPSA) is 88.3 Å². The van der Waals surface area contributed by atoms with E-state index in [-0.39, 0.29) is 17.5 Å². The van der Waals surface area contributed by atoms with Crippen molar-refractivity contribution in [3.05, 3.63) is 51.8 Å². The number of aromatic nitrogens is 5. The number of nitrogens with one attached hydrogen (secondary N) is 1. The summed E-state index contributed by atoms with van der Waals surface area (Å²) in [4.78, 5) is 32.0. The molecule has 0 radical (unpaired) electrons. The molecule has 8 heteroatoms. The zero-order valence-corrected chi connectivity index (χ0v) is 15.0. The summed E-state index contributed by atoms with van der Waals surface area (Å²) in [5.74, 6) is -0.0389. The van der Waals surface area contributed by atoms with E-state index in [0.29, 0.717) is 23.4 Å². The smallest absolute Gasteiger partial charge is 0.272 e. The zero-order chi connectivity index (χ0) is 18.3. The van der Waals surface area contributed by atoms with Gasteiger partial charge in [0.25, 0.3) is 11.5 Å². The van der Waals surface area contributed by atoms with Crippen molar-refractivity contribution in [2.24, 2.45) is 0 Å². The summed E-state index contributed by atoms with van der Waals surface area (Å²) in [7, 11) is 0. The van der Waals surface area contributed by atoms with Crippen molar-refractivity contribution in [3.63, 3.8) is 0 Å². The number of fused-ring (bicyclic) bond motifs is 1. The van der Waals surface area contributed by atoms with Crippen LogP contribution < -0.4 is 5.56 Å². The van der Waals surface area contributed by atoms with Crippen molar-refractivity contribution in [2.75, 3.05) is 6.54 Å². The van der Waals surface area contributed by atoms with Gasteiger partial charge in [-0.2, -0.15) is 5.10 Å². The fourth-order valence-electron chi connectivity index (χ4n) is 3.64. The second-order valence-electron chi connectivity index (χ2n) is 6.67. The number of H-pyrrole nitrogens is 1. The molecular weight excluding hydrogens is 332 g/mol. The van der Waals surface area contributed by atoms with Crippen LogP contribution in [0, 0.1) is 6.92 Å². The highest BCUT2D eigenvalue weighted by Crippen LogP contribution is 2.31. The lowest BCUT2D eigenvalue weighted by molar-refractivity contribution is 0.0605. The Balaban J connectivity index is 1.72. The fraction of sp³-hybridized carbons (Fsp3) is 0.444. The van der Waals surface area contributed by atoms with Gasteiger partial charge in [0, 0.05) is 37.6 Å². The molecule has 26 heavy (non-hydrogen) atoms. The minimum absolute atomic E-state index is 0.0389. The Hall–Kier alpha value is -2.90. The summed E-state index contributed by atoms with van der Waals surface area (Å²) in [6, 6.07) is 3.10. The molecular formula is C18H22N6O2. The van der Waals surface area contributed by atoms with Crippen LogP contribution in [0.1, 0.15) is 54.0 Å². The van der Waals surface area contributed by atoms with Crippen molar-refractivity contribution in [3.8, 4) is 0 Å². The third-order valence-electron chi connectivity index (χ3n) is 5.01. The number of carbonyl (C=O) groups excluding carboxylic acids is 1. The molecule has 3 aromatic rings. The van der Waals surface area contributed by atoms with Crippen LogP contribution in [0.4, 0.5) is 0 Å². The number of aromatic amines is 1. The van der Waals surface area contributed by atoms with E-state index in [0.717, 1.165) is 31.5 Å². The normalized spacial score (nSPS) is 17.8. The summed E-state index contributed by atoms with van der Waals surface area (Å²) in [6.07, 6.45) is 6.25. The van der Waals surface area contributed by atoms with E-state index >= 15 is 0 Å². The van der Waals surface area contributed by atoms with Crippen LogP contribution in [0.25, 0.3) is 5.65 Å². The molecule has 4 rings (SSSR count). The number of rotatable bonds is 3. The first kappa shape index (κ1) is 16.6. The van der Waals surface area contributed by atoms with Gasteiger partial charge in [-0.05, 0) is 33.1 Å². The molecule has 1 saturated heterocycles. The summed E-state index contributed by atoms with van der Waals surface area (Å²) in [5, 5.41) is 7.23. The molecule has 136 valence electrons. The average Bonchev–Trinajstić information content (AvgIpc) is 3.27. The van der Waals surface area contributed by atoms with E-state index in [1.165, 1.54) is 10.6 Å². The fourth-order valence-corrected chi connectivity index (χ4v) is 3.64. The summed E-state index contributed by atoms with van der Waals surface area (Å²) >= 11 is 0. The van der Waals surface area contributed by atoms with Crippen LogP contribution in [-0.4, -0.2) is 41.7 Å². The second kappa shape index (κ2) is 6.44. The highest BCUT2D eigenvalue weighted by Gasteiger charge is 2.31. The molecule has 4 heterocycles. The van der Waals surface area contributed by atoms with Gasteiger partial charge in [0.05, 0.1) is 23.0 Å². The molecule has 8 nitrogen and oxygen atoms in total. The van der Waals surface area contributed by atoms with E-state index < -0.39 is 0 Å². The largest absolute Gasteiger partial charge is 0.330 e. The van der Waals surface area contributed by atoms with Crippen LogP contribution in [0.5, 0.6) is 0 Å². The maximum absolute atomic E-state index is 13.2. The van der Waals surface area contributed by atoms with Crippen molar-refractivity contribution < 1.29 is 4.79 Å². The molecule has 0 aliphatic carbocycles. The molecule has 3 aromatic heterocycles. The summed E-state index contributed by atoms with van der Waals surface area (Å²) in [6.45, 7) is 5.23. The van der Waals surface area contributed by atoms with E-state index in [1.54, 1.807) is 23.1 Å². The van der Waals surface area contributed by atoms with E-state index in [1.807, 2.05) is 18.7 Å². The first-order chi connectivity index (χ1) is 12.6. The lowest BCUT2D eigenvalue weighted by atomic mass is 9.98. The Morgan fingerprint density at radius 2 is 2.23 bits per heavy atom. The quantitative estimate of drug-likeness (QED) is 0.778. The number of nitrogens with zero attached hydrogens (tertiary/aromatic N) is 5. The van der Waals surface area contributed by atoms with Gasteiger partial charge in [-0.25, -0.2) is 9.50 Å². The van der Waals surface area contributed by atoms with Crippen LogP contribution in [0.3, 0.4) is 0 Å². The van der Waals surface area contributed by atoms with E-state index in [4.69, 9.17) is 0 Å². The average molecular weight is 354 g/mol. The lowest BCUT2D eigenvalue weighted by Crippen LogP contribution is -2.39. The third kappa shape index (κ3) is 2.71. The molecule has 0 spiro atoms. The molecule has 0 bridgehead atoms. The number of hydrogen-bond donors (Lipinski definition) is 1. The van der Waals surface area contributed by atoms with Crippen molar-refractivity contribution in [1.82, 2.24) is 29.3 Å². The number of amides is 1. The van der Waals surface area contributed by atoms with Crippen molar-refractivity contribution >= 4 is 11.6 Å². The van der Waals surface area contributed by atoms with Crippen LogP contribution in [0.2, 0.25) is 0 Å². The van der Waals surface area contributed by atoms with Crippen LogP contribution in [0.15, 0.2) is 29.3 Å². The first-order valence-electron chi connectivity index (χ1n) is 9.00. The Morgan fingerprint density at radius 3 is 3.00 bits per heavy atom. The van der Waals surface area contributed by atoms with Crippen LogP contribution in [-0.2, 0) is 6.54 Å². The number of aryl methyl sites for hydroxylation is 2. The van der Waals surface area contributed by atoms with Gasteiger partial charge < -0.3 is 4.90 Å². The van der Waals surface area contributed by atoms with E-state index in [2.05, 4.69) is 15.2 Å². The highest BCUT2D eigenvalue weighted by atomic mass is 16.2. The predicted octanol–water partition coefficient (Wildman–Crippen LogP) is 1.91.